The Kier molecular flexibility index (Phi) is 6.05. The summed E-state index contributed by atoms with van der Waals surface area (Å²) in [4.78, 5) is 2.52. The van der Waals surface area contributed by atoms with Crippen molar-refractivity contribution in [1.82, 2.24) is 4.90 Å². The minimum absolute atomic E-state index is 0.248. The molecule has 2 aliphatic heterocycles. The van der Waals surface area contributed by atoms with Crippen molar-refractivity contribution in [2.24, 2.45) is 0 Å². The van der Waals surface area contributed by atoms with Gasteiger partial charge in [0.2, 0.25) is 0 Å². The van der Waals surface area contributed by atoms with Crippen LogP contribution in [0.4, 0.5) is 0 Å². The van der Waals surface area contributed by atoms with E-state index in [1.807, 2.05) is 6.07 Å². The van der Waals surface area contributed by atoms with E-state index in [9.17, 15) is 0 Å². The quantitative estimate of drug-likeness (QED) is 0.534. The monoisotopic (exact) mass is 427 g/mol. The molecule has 4 rings (SSSR count). The second-order valence-corrected chi connectivity index (χ2v) is 10.1. The van der Waals surface area contributed by atoms with Crippen molar-refractivity contribution in [3.8, 4) is 11.5 Å². The highest BCUT2D eigenvalue weighted by atomic mass is 35.5. The first-order chi connectivity index (χ1) is 14.3. The van der Waals surface area contributed by atoms with E-state index >= 15 is 0 Å². The van der Waals surface area contributed by atoms with Gasteiger partial charge >= 0.3 is 0 Å². The number of piperidine rings is 1. The lowest BCUT2D eigenvalue weighted by Crippen LogP contribution is -2.43. The maximum Gasteiger partial charge on any atom is 0.127 e. The van der Waals surface area contributed by atoms with Crippen LogP contribution in [0.3, 0.4) is 0 Å². The van der Waals surface area contributed by atoms with Crippen LogP contribution in [-0.2, 0) is 6.61 Å². The van der Waals surface area contributed by atoms with Gasteiger partial charge in [0.25, 0.3) is 0 Å². The molecule has 0 saturated carbocycles. The molecule has 2 heterocycles. The van der Waals surface area contributed by atoms with Crippen LogP contribution in [0.25, 0.3) is 0 Å². The Labute approximate surface area is 186 Å². The summed E-state index contributed by atoms with van der Waals surface area (Å²) in [5, 5.41) is 0.259. The largest absolute Gasteiger partial charge is 0.488 e. The normalized spacial score (nSPS) is 23.1. The Morgan fingerprint density at radius 3 is 2.53 bits per heavy atom. The molecule has 1 fully saturated rings. The van der Waals surface area contributed by atoms with Crippen LogP contribution in [0.2, 0.25) is 0 Å². The van der Waals surface area contributed by atoms with E-state index in [0.29, 0.717) is 12.5 Å². The number of hydrogen-bond donors (Lipinski definition) is 0. The lowest BCUT2D eigenvalue weighted by atomic mass is 9.82. The zero-order valence-corrected chi connectivity index (χ0v) is 19.7. The molecular weight excluding hydrogens is 394 g/mol. The second-order valence-electron chi connectivity index (χ2n) is 9.48. The Bertz CT molecular complexity index is 909. The van der Waals surface area contributed by atoms with Crippen LogP contribution < -0.4 is 9.47 Å². The van der Waals surface area contributed by atoms with Crippen molar-refractivity contribution in [3.63, 3.8) is 0 Å². The van der Waals surface area contributed by atoms with E-state index in [4.69, 9.17) is 21.1 Å². The van der Waals surface area contributed by atoms with Gasteiger partial charge in [-0.05, 0) is 76.3 Å². The van der Waals surface area contributed by atoms with E-state index < -0.39 is 0 Å². The van der Waals surface area contributed by atoms with Gasteiger partial charge in [0.05, 0.1) is 0 Å². The first-order valence-corrected chi connectivity index (χ1v) is 11.6. The van der Waals surface area contributed by atoms with Crippen LogP contribution in [0.5, 0.6) is 11.5 Å². The van der Waals surface area contributed by atoms with Gasteiger partial charge in [0.1, 0.15) is 23.7 Å². The number of fused-ring (bicyclic) bond motifs is 1. The van der Waals surface area contributed by atoms with Gasteiger partial charge in [-0.2, -0.15) is 0 Å². The minimum Gasteiger partial charge on any atom is -0.488 e. The van der Waals surface area contributed by atoms with E-state index in [-0.39, 0.29) is 11.0 Å². The molecule has 2 aliphatic rings. The van der Waals surface area contributed by atoms with Gasteiger partial charge in [-0.1, -0.05) is 30.3 Å². The predicted molar refractivity (Wildman–Crippen MR) is 124 cm³/mol. The average Bonchev–Trinajstić information content (AvgIpc) is 2.98. The Hall–Kier alpha value is -1.71. The maximum absolute atomic E-state index is 6.57. The molecule has 30 heavy (non-hydrogen) atoms. The number of benzene rings is 2. The molecule has 162 valence electrons. The molecular formula is C26H34ClNO2. The molecule has 1 unspecified atom stereocenters. The van der Waals surface area contributed by atoms with Crippen LogP contribution in [0.1, 0.15) is 60.4 Å². The summed E-state index contributed by atoms with van der Waals surface area (Å²) in [5.74, 6) is 2.37. The first-order valence-electron chi connectivity index (χ1n) is 11.1. The lowest BCUT2D eigenvalue weighted by molar-refractivity contribution is 0.0846. The standard InChI is InChI=1S/C26H34ClNO2/c1-17-18(2)25-23(19(3)24(17)29-16-20-10-7-6-8-11-20)22(26(4,5)30-25)15-28-13-9-12-21(27)14-28/h6-8,10-11,21-22H,9,12-16H2,1-5H3/t21-,22?/m1/s1. The molecule has 0 N–H and O–H groups in total. The smallest absolute Gasteiger partial charge is 0.127 e. The molecule has 0 aliphatic carbocycles. The second kappa shape index (κ2) is 8.43. The third kappa shape index (κ3) is 4.07. The van der Waals surface area contributed by atoms with E-state index in [0.717, 1.165) is 37.6 Å². The van der Waals surface area contributed by atoms with Crippen molar-refractivity contribution in [2.45, 2.75) is 71.0 Å². The molecule has 2 atom stereocenters. The van der Waals surface area contributed by atoms with E-state index in [2.05, 4.69) is 63.8 Å². The predicted octanol–water partition coefficient (Wildman–Crippen LogP) is 6.15. The van der Waals surface area contributed by atoms with Gasteiger partial charge in [-0.3, -0.25) is 0 Å². The molecule has 0 aromatic heterocycles. The molecule has 2 aromatic rings. The van der Waals surface area contributed by atoms with Crippen molar-refractivity contribution >= 4 is 11.6 Å². The number of halogens is 1. The zero-order valence-electron chi connectivity index (χ0n) is 18.9. The summed E-state index contributed by atoms with van der Waals surface area (Å²) in [7, 11) is 0. The molecule has 3 nitrogen and oxygen atoms in total. The number of nitrogens with zero attached hydrogens (tertiary/aromatic N) is 1. The van der Waals surface area contributed by atoms with Gasteiger partial charge in [0, 0.05) is 29.9 Å². The summed E-state index contributed by atoms with van der Waals surface area (Å²) in [6.07, 6.45) is 2.29. The topological polar surface area (TPSA) is 21.7 Å². The van der Waals surface area contributed by atoms with Crippen LogP contribution >= 0.6 is 11.6 Å². The number of alkyl halides is 1. The summed E-state index contributed by atoms with van der Waals surface area (Å²) in [6, 6.07) is 10.4. The van der Waals surface area contributed by atoms with E-state index in [1.54, 1.807) is 0 Å². The number of hydrogen-bond acceptors (Lipinski definition) is 3. The average molecular weight is 428 g/mol. The fourth-order valence-electron chi connectivity index (χ4n) is 5.03. The molecule has 0 radical (unpaired) electrons. The summed E-state index contributed by atoms with van der Waals surface area (Å²) in [5.41, 5.74) is 5.85. The number of rotatable bonds is 5. The summed E-state index contributed by atoms with van der Waals surface area (Å²) < 4.78 is 13.0. The van der Waals surface area contributed by atoms with Crippen molar-refractivity contribution < 1.29 is 9.47 Å². The third-order valence-electron chi connectivity index (χ3n) is 6.90. The highest BCUT2D eigenvalue weighted by Crippen LogP contribution is 2.52. The van der Waals surface area contributed by atoms with Crippen molar-refractivity contribution in [2.75, 3.05) is 19.6 Å². The SMILES string of the molecule is Cc1c(C)c2c(c(C)c1OCc1ccccc1)C(CN1CCC[C@@H](Cl)C1)C(C)(C)O2. The Morgan fingerprint density at radius 1 is 1.10 bits per heavy atom. The molecule has 4 heteroatoms. The zero-order chi connectivity index (χ0) is 21.5. The van der Waals surface area contributed by atoms with Crippen LogP contribution in [-0.4, -0.2) is 35.5 Å². The van der Waals surface area contributed by atoms with Crippen LogP contribution in [0, 0.1) is 20.8 Å². The van der Waals surface area contributed by atoms with Gasteiger partial charge in [-0.15, -0.1) is 11.6 Å². The number of likely N-dealkylation sites (tertiary alicyclic amines) is 1. The molecule has 1 saturated heterocycles. The molecule has 0 spiro atoms. The van der Waals surface area contributed by atoms with Gasteiger partial charge in [-0.25, -0.2) is 0 Å². The highest BCUT2D eigenvalue weighted by molar-refractivity contribution is 6.20. The molecule has 2 aromatic carbocycles. The van der Waals surface area contributed by atoms with Gasteiger partial charge < -0.3 is 14.4 Å². The first kappa shape index (κ1) is 21.5. The number of ether oxygens (including phenoxy) is 2. The Morgan fingerprint density at radius 2 is 1.83 bits per heavy atom. The minimum atomic E-state index is -0.248. The van der Waals surface area contributed by atoms with Crippen molar-refractivity contribution in [1.29, 1.82) is 0 Å². The fourth-order valence-corrected chi connectivity index (χ4v) is 5.38. The summed E-state index contributed by atoms with van der Waals surface area (Å²) in [6.45, 7) is 14.6. The maximum atomic E-state index is 6.57. The van der Waals surface area contributed by atoms with E-state index in [1.165, 1.54) is 34.2 Å². The Balaban J connectivity index is 1.67. The van der Waals surface area contributed by atoms with Crippen molar-refractivity contribution in [3.05, 3.63) is 58.1 Å². The highest BCUT2D eigenvalue weighted by Gasteiger charge is 2.45. The van der Waals surface area contributed by atoms with Crippen LogP contribution in [0.15, 0.2) is 30.3 Å². The molecule has 0 bridgehead atoms. The fraction of sp³-hybridized carbons (Fsp3) is 0.538. The summed E-state index contributed by atoms with van der Waals surface area (Å²) >= 11 is 6.48. The van der Waals surface area contributed by atoms with Gasteiger partial charge in [0.15, 0.2) is 0 Å². The lowest BCUT2D eigenvalue weighted by Gasteiger charge is -2.35. The third-order valence-corrected chi connectivity index (χ3v) is 7.26. The molecule has 0 amide bonds.